The van der Waals surface area contributed by atoms with Crippen LogP contribution in [0.5, 0.6) is 5.75 Å². The van der Waals surface area contributed by atoms with E-state index in [2.05, 4.69) is 127 Å². The van der Waals surface area contributed by atoms with Gasteiger partial charge in [0, 0.05) is 30.4 Å². The van der Waals surface area contributed by atoms with E-state index in [1.807, 2.05) is 18.2 Å². The predicted octanol–water partition coefficient (Wildman–Crippen LogP) is 9.17. The second-order valence-corrected chi connectivity index (χ2v) is 10.2. The van der Waals surface area contributed by atoms with Crippen molar-refractivity contribution in [2.45, 2.75) is 20.3 Å². The summed E-state index contributed by atoms with van der Waals surface area (Å²) in [6, 6.07) is 44.3. The Hall–Kier alpha value is -5.09. The lowest BCUT2D eigenvalue weighted by molar-refractivity contribution is -0.140. The van der Waals surface area contributed by atoms with Crippen molar-refractivity contribution < 1.29 is 14.3 Å². The zero-order valence-corrected chi connectivity index (χ0v) is 24.3. The Labute approximate surface area is 248 Å². The summed E-state index contributed by atoms with van der Waals surface area (Å²) in [6.07, 6.45) is 2.92. The lowest BCUT2D eigenvalue weighted by Crippen LogP contribution is -2.10. The lowest BCUT2D eigenvalue weighted by atomic mass is 9.95. The van der Waals surface area contributed by atoms with Crippen LogP contribution in [0.3, 0.4) is 0 Å². The van der Waals surface area contributed by atoms with Crippen LogP contribution in [0.25, 0.3) is 11.6 Å². The fourth-order valence-electron chi connectivity index (χ4n) is 4.87. The van der Waals surface area contributed by atoms with E-state index in [1.54, 1.807) is 7.11 Å². The minimum absolute atomic E-state index is 0.254. The molecule has 0 bridgehead atoms. The van der Waals surface area contributed by atoms with Gasteiger partial charge in [-0.25, -0.2) is 0 Å². The molecule has 5 aromatic rings. The van der Waals surface area contributed by atoms with Crippen LogP contribution in [-0.2, 0) is 16.0 Å². The first-order valence-corrected chi connectivity index (χ1v) is 14.1. The number of hydrogen-bond acceptors (Lipinski definition) is 4. The topological polar surface area (TPSA) is 38.8 Å². The Morgan fingerprint density at radius 3 is 1.81 bits per heavy atom. The van der Waals surface area contributed by atoms with Gasteiger partial charge in [-0.05, 0) is 89.4 Å². The average Bonchev–Trinajstić information content (AvgIpc) is 3.03. The van der Waals surface area contributed by atoms with E-state index in [9.17, 15) is 4.79 Å². The second-order valence-electron chi connectivity index (χ2n) is 10.2. The highest BCUT2D eigenvalue weighted by Crippen LogP contribution is 2.35. The summed E-state index contributed by atoms with van der Waals surface area (Å²) in [7, 11) is 1.69. The van der Waals surface area contributed by atoms with Crippen LogP contribution >= 0.6 is 0 Å². The highest BCUT2D eigenvalue weighted by molar-refractivity contribution is 5.92. The molecule has 0 heterocycles. The van der Waals surface area contributed by atoms with E-state index in [4.69, 9.17) is 9.47 Å². The standard InChI is InChI=1S/C38H35NO3/c1-28-9-17-34(18-10-28)39(35-19-11-30(12-20-35)25-26-42-29(2)40)36-21-13-31(14-22-36)27-38(32-7-5-4-6-8-32)33-15-23-37(41-3)24-16-33/h4-24,27H,25-26H2,1-3H3/b38-27+. The third-order valence-electron chi connectivity index (χ3n) is 7.13. The van der Waals surface area contributed by atoms with Gasteiger partial charge in [-0.2, -0.15) is 0 Å². The maximum Gasteiger partial charge on any atom is 0.302 e. The molecule has 0 unspecified atom stereocenters. The van der Waals surface area contributed by atoms with Crippen molar-refractivity contribution in [1.82, 2.24) is 0 Å². The molecule has 0 amide bonds. The van der Waals surface area contributed by atoms with Gasteiger partial charge in [0.25, 0.3) is 0 Å². The zero-order chi connectivity index (χ0) is 29.3. The molecule has 210 valence electrons. The molecule has 0 aliphatic heterocycles. The zero-order valence-electron chi connectivity index (χ0n) is 24.3. The molecule has 0 saturated heterocycles. The van der Waals surface area contributed by atoms with Crippen LogP contribution < -0.4 is 9.64 Å². The number of anilines is 3. The van der Waals surface area contributed by atoms with Gasteiger partial charge in [0.1, 0.15) is 5.75 Å². The van der Waals surface area contributed by atoms with E-state index in [1.165, 1.54) is 12.5 Å². The van der Waals surface area contributed by atoms with Gasteiger partial charge in [0.2, 0.25) is 0 Å². The van der Waals surface area contributed by atoms with Gasteiger partial charge >= 0.3 is 5.97 Å². The number of esters is 1. The molecular formula is C38H35NO3. The van der Waals surface area contributed by atoms with Crippen molar-refractivity contribution >= 4 is 34.7 Å². The van der Waals surface area contributed by atoms with Crippen LogP contribution in [0.4, 0.5) is 17.1 Å². The van der Waals surface area contributed by atoms with Crippen molar-refractivity contribution in [3.8, 4) is 5.75 Å². The van der Waals surface area contributed by atoms with Gasteiger partial charge in [0.05, 0.1) is 13.7 Å². The average molecular weight is 554 g/mol. The maximum atomic E-state index is 11.1. The van der Waals surface area contributed by atoms with Gasteiger partial charge in [-0.3, -0.25) is 4.79 Å². The molecule has 42 heavy (non-hydrogen) atoms. The second kappa shape index (κ2) is 13.5. The van der Waals surface area contributed by atoms with Gasteiger partial charge in [-0.15, -0.1) is 0 Å². The molecule has 0 radical (unpaired) electrons. The van der Waals surface area contributed by atoms with Crippen molar-refractivity contribution in [3.63, 3.8) is 0 Å². The molecule has 0 N–H and O–H groups in total. The van der Waals surface area contributed by atoms with Gasteiger partial charge in [0.15, 0.2) is 0 Å². The maximum absolute atomic E-state index is 11.1. The number of hydrogen-bond donors (Lipinski definition) is 0. The largest absolute Gasteiger partial charge is 0.497 e. The van der Waals surface area contributed by atoms with Crippen LogP contribution in [0, 0.1) is 6.92 Å². The summed E-state index contributed by atoms with van der Waals surface area (Å²) in [5.74, 6) is 0.583. The molecule has 0 fully saturated rings. The number of aryl methyl sites for hydroxylation is 1. The van der Waals surface area contributed by atoms with Crippen molar-refractivity contribution in [2.24, 2.45) is 0 Å². The third kappa shape index (κ3) is 7.15. The number of ether oxygens (including phenoxy) is 2. The summed E-state index contributed by atoms with van der Waals surface area (Å²) in [5, 5.41) is 0. The summed E-state index contributed by atoms with van der Waals surface area (Å²) in [4.78, 5) is 13.4. The van der Waals surface area contributed by atoms with Crippen molar-refractivity contribution in [2.75, 3.05) is 18.6 Å². The van der Waals surface area contributed by atoms with Crippen LogP contribution in [-0.4, -0.2) is 19.7 Å². The number of nitrogens with zero attached hydrogens (tertiary/aromatic N) is 1. The predicted molar refractivity (Wildman–Crippen MR) is 173 cm³/mol. The van der Waals surface area contributed by atoms with E-state index in [0.29, 0.717) is 13.0 Å². The molecule has 0 spiro atoms. The molecule has 5 aromatic carbocycles. The number of carbonyl (C=O) groups is 1. The van der Waals surface area contributed by atoms with E-state index >= 15 is 0 Å². The number of carbonyl (C=O) groups excluding carboxylic acids is 1. The van der Waals surface area contributed by atoms with E-state index in [-0.39, 0.29) is 5.97 Å². The Balaban J connectivity index is 1.48. The molecule has 4 heteroatoms. The van der Waals surface area contributed by atoms with Crippen LogP contribution in [0.2, 0.25) is 0 Å². The molecule has 4 nitrogen and oxygen atoms in total. The van der Waals surface area contributed by atoms with E-state index < -0.39 is 0 Å². The fourth-order valence-corrected chi connectivity index (χ4v) is 4.87. The first kappa shape index (κ1) is 28.4. The molecular weight excluding hydrogens is 518 g/mol. The smallest absolute Gasteiger partial charge is 0.302 e. The van der Waals surface area contributed by atoms with Crippen molar-refractivity contribution in [1.29, 1.82) is 0 Å². The SMILES string of the molecule is COc1ccc(/C(=C/c2ccc(N(c3ccc(C)cc3)c3ccc(CCOC(C)=O)cc3)cc2)c2ccccc2)cc1. The number of rotatable bonds is 10. The van der Waals surface area contributed by atoms with E-state index in [0.717, 1.165) is 50.6 Å². The van der Waals surface area contributed by atoms with Crippen LogP contribution in [0.15, 0.2) is 127 Å². The Morgan fingerprint density at radius 1 is 0.690 bits per heavy atom. The summed E-state index contributed by atoms with van der Waals surface area (Å²) < 4.78 is 10.5. The molecule has 0 aliphatic carbocycles. The Morgan fingerprint density at radius 2 is 1.24 bits per heavy atom. The third-order valence-corrected chi connectivity index (χ3v) is 7.13. The van der Waals surface area contributed by atoms with Gasteiger partial charge < -0.3 is 14.4 Å². The minimum atomic E-state index is -0.254. The quantitative estimate of drug-likeness (QED) is 0.128. The lowest BCUT2D eigenvalue weighted by Gasteiger charge is -2.26. The summed E-state index contributed by atoms with van der Waals surface area (Å²) in [5.41, 5.74) is 10.1. The van der Waals surface area contributed by atoms with Crippen LogP contribution in [0.1, 0.15) is 34.7 Å². The monoisotopic (exact) mass is 553 g/mol. The van der Waals surface area contributed by atoms with Crippen molar-refractivity contribution in [3.05, 3.63) is 155 Å². The first-order chi connectivity index (χ1) is 20.5. The fraction of sp³-hybridized carbons (Fsp3) is 0.132. The first-order valence-electron chi connectivity index (χ1n) is 14.1. The summed E-state index contributed by atoms with van der Waals surface area (Å²) in [6.45, 7) is 3.91. The van der Waals surface area contributed by atoms with Gasteiger partial charge in [-0.1, -0.05) is 84.4 Å². The minimum Gasteiger partial charge on any atom is -0.497 e. The Kier molecular flexibility index (Phi) is 9.15. The number of benzene rings is 5. The number of methoxy groups -OCH3 is 1. The summed E-state index contributed by atoms with van der Waals surface area (Å²) >= 11 is 0. The molecule has 0 atom stereocenters. The molecule has 0 aromatic heterocycles. The highest BCUT2D eigenvalue weighted by Gasteiger charge is 2.13. The molecule has 0 aliphatic rings. The highest BCUT2D eigenvalue weighted by atomic mass is 16.5. The Bertz CT molecular complexity index is 1620. The molecule has 0 saturated carbocycles. The normalized spacial score (nSPS) is 11.2. The molecule has 5 rings (SSSR count).